The quantitative estimate of drug-likeness (QED) is 0.494. The number of carboxylic acids is 1. The summed E-state index contributed by atoms with van der Waals surface area (Å²) in [6, 6.07) is 3.54. The lowest BCUT2D eigenvalue weighted by Crippen LogP contribution is -2.25. The number of alkyl halides is 2. The van der Waals surface area contributed by atoms with Crippen LogP contribution in [0, 0.1) is 12.3 Å². The number of anilines is 1. The van der Waals surface area contributed by atoms with Crippen LogP contribution in [-0.2, 0) is 19.1 Å². The second kappa shape index (κ2) is 9.14. The van der Waals surface area contributed by atoms with Gasteiger partial charge in [-0.05, 0) is 74.5 Å². The van der Waals surface area contributed by atoms with E-state index in [-0.39, 0.29) is 29.4 Å². The number of aryl methyl sites for hydroxylation is 1. The topological polar surface area (TPSA) is 97.8 Å². The van der Waals surface area contributed by atoms with E-state index >= 15 is 0 Å². The second-order valence-electron chi connectivity index (χ2n) is 9.69. The Morgan fingerprint density at radius 2 is 1.92 bits per heavy atom. The predicted octanol–water partition coefficient (Wildman–Crippen LogP) is 5.94. The first-order valence-electron chi connectivity index (χ1n) is 12.0. The normalized spacial score (nSPS) is 21.2. The third-order valence-corrected chi connectivity index (χ3v) is 6.96. The molecule has 0 bridgehead atoms. The molecule has 2 N–H and O–H groups in total. The summed E-state index contributed by atoms with van der Waals surface area (Å²) in [5.74, 6) is -0.795. The summed E-state index contributed by atoms with van der Waals surface area (Å²) in [4.78, 5) is 29.5. The van der Waals surface area contributed by atoms with E-state index in [1.807, 2.05) is 26.0 Å². The van der Waals surface area contributed by atoms with Gasteiger partial charge in [0.2, 0.25) is 5.91 Å². The summed E-state index contributed by atoms with van der Waals surface area (Å²) in [6.07, 6.45) is 8.89. The van der Waals surface area contributed by atoms with Crippen molar-refractivity contribution in [3.63, 3.8) is 0 Å². The summed E-state index contributed by atoms with van der Waals surface area (Å²) in [6.45, 7) is 3.75. The molecule has 1 fully saturated rings. The minimum absolute atomic E-state index is 0.00546. The molecular formula is C28H26F2N2O5. The third kappa shape index (κ3) is 5.12. The Bertz CT molecular complexity index is 1380. The summed E-state index contributed by atoms with van der Waals surface area (Å²) in [7, 11) is 0. The van der Waals surface area contributed by atoms with E-state index in [2.05, 4.69) is 19.8 Å². The Labute approximate surface area is 212 Å². The smallest absolute Gasteiger partial charge is 0.478 e. The first-order chi connectivity index (χ1) is 17.6. The van der Waals surface area contributed by atoms with Crippen molar-refractivity contribution in [3.8, 4) is 0 Å². The number of carbonyl (C=O) groups excluding carboxylic acids is 1. The summed E-state index contributed by atoms with van der Waals surface area (Å²) in [5.41, 5.74) is 3.22. The fourth-order valence-corrected chi connectivity index (χ4v) is 4.59. The molecule has 0 aromatic carbocycles. The van der Waals surface area contributed by atoms with Crippen LogP contribution in [-0.4, -0.2) is 28.3 Å². The van der Waals surface area contributed by atoms with Crippen molar-refractivity contribution >= 4 is 23.3 Å². The fourth-order valence-electron chi connectivity index (χ4n) is 4.59. The highest BCUT2D eigenvalue weighted by molar-refractivity contribution is 5.97. The van der Waals surface area contributed by atoms with Gasteiger partial charge in [-0.25, -0.2) is 9.78 Å². The molecule has 4 aliphatic rings. The lowest BCUT2D eigenvalue weighted by Gasteiger charge is -2.18. The SMILES string of the molecule is CC1=CCC2=C(C=C1CC1(C(=O)Nc3ccc(C)c(C4=CCC=CC(C(=O)O)=C4)n3)CC1)OC(F)(F)O2. The zero-order valence-corrected chi connectivity index (χ0v) is 20.4. The molecule has 7 nitrogen and oxygen atoms in total. The van der Waals surface area contributed by atoms with E-state index in [0.717, 1.165) is 16.7 Å². The number of amides is 1. The molecular weight excluding hydrogens is 482 g/mol. The van der Waals surface area contributed by atoms with Gasteiger partial charge in [0.15, 0.2) is 11.5 Å². The number of aromatic nitrogens is 1. The molecule has 0 radical (unpaired) electrons. The standard InChI is InChI=1S/C28H26F2N2O5/c1-16-7-9-21-22(37-28(29,30)36-21)14-20(16)15-27(11-12-27)26(35)32-23-10-8-17(2)24(31-23)18-5-3-4-6-19(13-18)25(33)34/h4-8,10,13-14H,3,9,11-12,15H2,1-2H3,(H,33,34)(H,31,32,35). The molecule has 9 heteroatoms. The molecule has 0 unspecified atom stereocenters. The first-order valence-corrected chi connectivity index (χ1v) is 12.0. The maximum atomic E-state index is 13.6. The average molecular weight is 509 g/mol. The van der Waals surface area contributed by atoms with E-state index < -0.39 is 17.7 Å². The van der Waals surface area contributed by atoms with E-state index in [0.29, 0.717) is 42.8 Å². The number of allylic oxidation sites excluding steroid dienone is 8. The van der Waals surface area contributed by atoms with Gasteiger partial charge in [0.25, 0.3) is 0 Å². The molecule has 5 rings (SSSR count). The van der Waals surface area contributed by atoms with Gasteiger partial charge in [-0.2, -0.15) is 0 Å². The van der Waals surface area contributed by atoms with Crippen LogP contribution >= 0.6 is 0 Å². The summed E-state index contributed by atoms with van der Waals surface area (Å²) >= 11 is 0. The van der Waals surface area contributed by atoms with Gasteiger partial charge in [-0.3, -0.25) is 4.79 Å². The monoisotopic (exact) mass is 508 g/mol. The number of nitrogens with zero attached hydrogens (tertiary/aromatic N) is 1. The molecule has 1 aromatic rings. The molecule has 0 saturated heterocycles. The molecule has 1 aromatic heterocycles. The van der Waals surface area contributed by atoms with E-state index in [4.69, 9.17) is 0 Å². The van der Waals surface area contributed by atoms with Crippen LogP contribution < -0.4 is 5.32 Å². The molecule has 0 spiro atoms. The fraction of sp³-hybridized carbons (Fsp3) is 0.321. The Morgan fingerprint density at radius 3 is 2.65 bits per heavy atom. The molecule has 192 valence electrons. The van der Waals surface area contributed by atoms with Crippen molar-refractivity contribution in [1.29, 1.82) is 0 Å². The number of hydrogen-bond acceptors (Lipinski definition) is 5. The number of halogens is 2. The number of rotatable bonds is 6. The Morgan fingerprint density at radius 1 is 1.14 bits per heavy atom. The molecule has 3 aliphatic carbocycles. The highest BCUT2D eigenvalue weighted by Gasteiger charge is 2.51. The Hall–Kier alpha value is -4.01. The number of ether oxygens (including phenoxy) is 2. The van der Waals surface area contributed by atoms with E-state index in [1.54, 1.807) is 36.4 Å². The molecule has 1 aliphatic heterocycles. The largest absolute Gasteiger partial charge is 0.585 e. The van der Waals surface area contributed by atoms with Crippen molar-refractivity contribution in [2.24, 2.45) is 5.41 Å². The van der Waals surface area contributed by atoms with Crippen LogP contribution in [0.15, 0.2) is 76.8 Å². The van der Waals surface area contributed by atoms with Gasteiger partial charge < -0.3 is 19.9 Å². The molecule has 37 heavy (non-hydrogen) atoms. The maximum Gasteiger partial charge on any atom is 0.585 e. The Balaban J connectivity index is 1.35. The minimum Gasteiger partial charge on any atom is -0.478 e. The molecule has 0 atom stereocenters. The van der Waals surface area contributed by atoms with Crippen molar-refractivity contribution in [2.75, 3.05) is 5.32 Å². The van der Waals surface area contributed by atoms with Gasteiger partial charge in [-0.15, -0.1) is 8.78 Å². The second-order valence-corrected chi connectivity index (χ2v) is 9.69. The van der Waals surface area contributed by atoms with Gasteiger partial charge in [0.05, 0.1) is 16.7 Å². The van der Waals surface area contributed by atoms with Crippen molar-refractivity contribution in [3.05, 3.63) is 88.1 Å². The predicted molar refractivity (Wildman–Crippen MR) is 132 cm³/mol. The highest BCUT2D eigenvalue weighted by Crippen LogP contribution is 2.53. The molecule has 2 heterocycles. The van der Waals surface area contributed by atoms with Crippen LogP contribution in [0.4, 0.5) is 14.6 Å². The van der Waals surface area contributed by atoms with Crippen LogP contribution in [0.25, 0.3) is 5.57 Å². The van der Waals surface area contributed by atoms with Gasteiger partial charge >= 0.3 is 12.3 Å². The molecule has 1 saturated carbocycles. The van der Waals surface area contributed by atoms with Crippen molar-refractivity contribution in [2.45, 2.75) is 52.2 Å². The summed E-state index contributed by atoms with van der Waals surface area (Å²) < 4.78 is 36.4. The lowest BCUT2D eigenvalue weighted by atomic mass is 9.91. The summed E-state index contributed by atoms with van der Waals surface area (Å²) in [5, 5.41) is 12.3. The van der Waals surface area contributed by atoms with E-state index in [1.165, 1.54) is 0 Å². The van der Waals surface area contributed by atoms with Gasteiger partial charge in [-0.1, -0.05) is 35.9 Å². The van der Waals surface area contributed by atoms with Crippen molar-refractivity contribution in [1.82, 2.24) is 4.98 Å². The number of pyridine rings is 1. The number of carboxylic acid groups (broad SMARTS) is 1. The van der Waals surface area contributed by atoms with Gasteiger partial charge in [0.1, 0.15) is 5.82 Å². The van der Waals surface area contributed by atoms with E-state index in [9.17, 15) is 23.5 Å². The molecule has 1 amide bonds. The highest BCUT2D eigenvalue weighted by atomic mass is 19.3. The average Bonchev–Trinajstić information content (AvgIpc) is 3.62. The third-order valence-electron chi connectivity index (χ3n) is 6.96. The zero-order valence-electron chi connectivity index (χ0n) is 20.4. The maximum absolute atomic E-state index is 13.6. The van der Waals surface area contributed by atoms with Crippen molar-refractivity contribution < 1.29 is 33.0 Å². The van der Waals surface area contributed by atoms with Crippen LogP contribution in [0.3, 0.4) is 0 Å². The van der Waals surface area contributed by atoms with Crippen LogP contribution in [0.1, 0.15) is 50.3 Å². The number of hydrogen-bond donors (Lipinski definition) is 2. The first kappa shape index (κ1) is 24.7. The zero-order chi connectivity index (χ0) is 26.4. The number of aliphatic carboxylic acids is 1. The van der Waals surface area contributed by atoms with Gasteiger partial charge in [0, 0.05) is 6.42 Å². The van der Waals surface area contributed by atoms with Crippen LogP contribution in [0.5, 0.6) is 0 Å². The number of carbonyl (C=O) groups is 2. The lowest BCUT2D eigenvalue weighted by molar-refractivity contribution is -0.336. The number of nitrogens with one attached hydrogen (secondary N) is 1. The minimum atomic E-state index is -3.68. The van der Waals surface area contributed by atoms with Crippen LogP contribution in [0.2, 0.25) is 0 Å². The Kier molecular flexibility index (Phi) is 6.09.